The van der Waals surface area contributed by atoms with Crippen LogP contribution in [0.1, 0.15) is 11.1 Å². The Morgan fingerprint density at radius 2 is 1.00 bits per heavy atom. The molecule has 0 nitrogen and oxygen atoms in total. The van der Waals surface area contributed by atoms with Crippen LogP contribution >= 0.6 is 7.26 Å². The molecule has 0 N–H and O–H groups in total. The molecule has 2 aromatic rings. The molecular formula is C16H21P. The fourth-order valence-electron chi connectivity index (χ4n) is 2.36. The SMILES string of the molecule is C[PH](C)(Cc1ccccc1)Cc1ccccc1. The van der Waals surface area contributed by atoms with Crippen molar-refractivity contribution in [2.45, 2.75) is 12.3 Å². The maximum absolute atomic E-state index is 2.48. The van der Waals surface area contributed by atoms with Crippen LogP contribution in [-0.2, 0) is 12.3 Å². The van der Waals surface area contributed by atoms with Crippen LogP contribution in [-0.4, -0.2) is 13.3 Å². The molecule has 0 aromatic heterocycles. The molecule has 0 aliphatic heterocycles. The Morgan fingerprint density at radius 3 is 1.35 bits per heavy atom. The van der Waals surface area contributed by atoms with E-state index in [0.29, 0.717) is 0 Å². The number of benzene rings is 2. The van der Waals surface area contributed by atoms with Gasteiger partial charge in [0, 0.05) is 0 Å². The maximum atomic E-state index is 2.48. The topological polar surface area (TPSA) is 0 Å². The Bertz CT molecular complexity index is 402. The van der Waals surface area contributed by atoms with Crippen LogP contribution in [0.2, 0.25) is 0 Å². The second-order valence-electron chi connectivity index (χ2n) is 5.49. The second-order valence-corrected chi connectivity index (χ2v) is 10.5. The van der Waals surface area contributed by atoms with Gasteiger partial charge in [0.05, 0.1) is 0 Å². The normalized spacial score (nSPS) is 12.4. The summed E-state index contributed by atoms with van der Waals surface area (Å²) in [6, 6.07) is 21.7. The van der Waals surface area contributed by atoms with E-state index in [-0.39, 0.29) is 0 Å². The zero-order valence-electron chi connectivity index (χ0n) is 10.7. The van der Waals surface area contributed by atoms with E-state index in [2.05, 4.69) is 74.0 Å². The third-order valence-corrected chi connectivity index (χ3v) is 5.78. The third-order valence-electron chi connectivity index (χ3n) is 3.05. The molecule has 90 valence electrons. The van der Waals surface area contributed by atoms with E-state index in [0.717, 1.165) is 0 Å². The van der Waals surface area contributed by atoms with Crippen LogP contribution in [0.4, 0.5) is 0 Å². The fourth-order valence-corrected chi connectivity index (χ4v) is 5.17. The zero-order chi connectivity index (χ0) is 12.1. The first kappa shape index (κ1) is 12.3. The van der Waals surface area contributed by atoms with Gasteiger partial charge in [-0.2, -0.15) is 0 Å². The van der Waals surface area contributed by atoms with Gasteiger partial charge in [-0.3, -0.25) is 0 Å². The van der Waals surface area contributed by atoms with E-state index in [1.807, 2.05) is 0 Å². The molecule has 0 amide bonds. The van der Waals surface area contributed by atoms with E-state index in [1.165, 1.54) is 23.5 Å². The minimum atomic E-state index is -1.18. The van der Waals surface area contributed by atoms with Gasteiger partial charge in [0.15, 0.2) is 0 Å². The van der Waals surface area contributed by atoms with Crippen LogP contribution in [0.15, 0.2) is 60.7 Å². The van der Waals surface area contributed by atoms with Gasteiger partial charge < -0.3 is 0 Å². The van der Waals surface area contributed by atoms with Gasteiger partial charge >= 0.3 is 105 Å². The van der Waals surface area contributed by atoms with Crippen molar-refractivity contribution in [3.8, 4) is 0 Å². The van der Waals surface area contributed by atoms with Gasteiger partial charge in [0.2, 0.25) is 0 Å². The molecule has 0 saturated carbocycles. The number of rotatable bonds is 4. The van der Waals surface area contributed by atoms with Crippen molar-refractivity contribution in [1.29, 1.82) is 0 Å². The summed E-state index contributed by atoms with van der Waals surface area (Å²) >= 11 is 0. The standard InChI is InChI=1S/C16H21P/c1-17(2,13-15-9-5-3-6-10-15)14-16-11-7-4-8-12-16/h3-12,17H,13-14H2,1-2H3. The minimum absolute atomic E-state index is 1.18. The first-order valence-corrected chi connectivity index (χ1v) is 9.65. The van der Waals surface area contributed by atoms with Crippen LogP contribution in [0.5, 0.6) is 0 Å². The van der Waals surface area contributed by atoms with E-state index in [9.17, 15) is 0 Å². The Morgan fingerprint density at radius 1 is 0.647 bits per heavy atom. The van der Waals surface area contributed by atoms with E-state index in [4.69, 9.17) is 0 Å². The summed E-state index contributed by atoms with van der Waals surface area (Å²) in [4.78, 5) is 0. The summed E-state index contributed by atoms with van der Waals surface area (Å²) in [6.45, 7) is 4.96. The molecule has 1 heteroatoms. The van der Waals surface area contributed by atoms with Crippen LogP contribution in [0.3, 0.4) is 0 Å². The molecule has 2 rings (SSSR count). The monoisotopic (exact) mass is 244 g/mol. The molecule has 17 heavy (non-hydrogen) atoms. The average Bonchev–Trinajstić information content (AvgIpc) is 2.30. The molecule has 0 bridgehead atoms. The molecule has 0 fully saturated rings. The van der Waals surface area contributed by atoms with Gasteiger partial charge in [0.25, 0.3) is 0 Å². The predicted octanol–water partition coefficient (Wildman–Crippen LogP) is 4.40. The average molecular weight is 244 g/mol. The van der Waals surface area contributed by atoms with Crippen LogP contribution in [0, 0.1) is 0 Å². The van der Waals surface area contributed by atoms with E-state index >= 15 is 0 Å². The summed E-state index contributed by atoms with van der Waals surface area (Å²) < 4.78 is 0. The fraction of sp³-hybridized carbons (Fsp3) is 0.250. The van der Waals surface area contributed by atoms with Crippen LogP contribution in [0.25, 0.3) is 0 Å². The second kappa shape index (κ2) is 5.47. The Kier molecular flexibility index (Phi) is 3.97. The van der Waals surface area contributed by atoms with Gasteiger partial charge in [-0.1, -0.05) is 0 Å². The molecule has 0 saturated heterocycles. The molecule has 0 unspecified atom stereocenters. The summed E-state index contributed by atoms with van der Waals surface area (Å²) in [7, 11) is -1.18. The molecular weight excluding hydrogens is 223 g/mol. The molecule has 0 atom stereocenters. The van der Waals surface area contributed by atoms with Gasteiger partial charge in [-0.25, -0.2) is 0 Å². The summed E-state index contributed by atoms with van der Waals surface area (Å²) in [5.74, 6) is 0. The molecule has 0 aliphatic rings. The molecule has 0 heterocycles. The Hall–Kier alpha value is -1.13. The number of hydrogen-bond acceptors (Lipinski definition) is 0. The summed E-state index contributed by atoms with van der Waals surface area (Å²) in [5, 5.41) is 0. The zero-order valence-corrected chi connectivity index (χ0v) is 11.7. The molecule has 0 radical (unpaired) electrons. The summed E-state index contributed by atoms with van der Waals surface area (Å²) in [5.41, 5.74) is 2.97. The predicted molar refractivity (Wildman–Crippen MR) is 80.5 cm³/mol. The van der Waals surface area contributed by atoms with Crippen molar-refractivity contribution in [3.63, 3.8) is 0 Å². The first-order valence-electron chi connectivity index (χ1n) is 6.24. The quantitative estimate of drug-likeness (QED) is 0.699. The van der Waals surface area contributed by atoms with Crippen LogP contribution < -0.4 is 0 Å². The van der Waals surface area contributed by atoms with Crippen molar-refractivity contribution in [3.05, 3.63) is 71.8 Å². The van der Waals surface area contributed by atoms with Gasteiger partial charge in [-0.15, -0.1) is 0 Å². The third kappa shape index (κ3) is 3.98. The Balaban J connectivity index is 2.04. The molecule has 2 aromatic carbocycles. The van der Waals surface area contributed by atoms with Gasteiger partial charge in [-0.05, 0) is 0 Å². The van der Waals surface area contributed by atoms with E-state index in [1.54, 1.807) is 0 Å². The van der Waals surface area contributed by atoms with Crippen molar-refractivity contribution in [1.82, 2.24) is 0 Å². The molecule has 0 aliphatic carbocycles. The van der Waals surface area contributed by atoms with E-state index < -0.39 is 7.26 Å². The van der Waals surface area contributed by atoms with Crippen molar-refractivity contribution in [2.24, 2.45) is 0 Å². The van der Waals surface area contributed by atoms with Crippen molar-refractivity contribution < 1.29 is 0 Å². The molecule has 0 spiro atoms. The van der Waals surface area contributed by atoms with Gasteiger partial charge in [0.1, 0.15) is 0 Å². The van der Waals surface area contributed by atoms with Crippen molar-refractivity contribution >= 4 is 7.26 Å². The summed E-state index contributed by atoms with van der Waals surface area (Å²) in [6.07, 6.45) is 2.53. The Labute approximate surface area is 105 Å². The number of hydrogen-bond donors (Lipinski definition) is 0. The first-order chi connectivity index (χ1) is 8.16. The van der Waals surface area contributed by atoms with Crippen molar-refractivity contribution in [2.75, 3.05) is 13.3 Å².